The molecule has 0 saturated heterocycles. The van der Waals surface area contributed by atoms with Crippen molar-refractivity contribution in [1.29, 1.82) is 0 Å². The van der Waals surface area contributed by atoms with Crippen molar-refractivity contribution in [2.24, 2.45) is 0 Å². The first kappa shape index (κ1) is 47.4. The molecule has 3 aromatic heterocycles. The molecule has 0 unspecified atom stereocenters. The molecule has 0 radical (unpaired) electrons. The van der Waals surface area contributed by atoms with E-state index in [4.69, 9.17) is 9.97 Å². The van der Waals surface area contributed by atoms with Gasteiger partial charge in [0.05, 0.1) is 22.2 Å². The SMILES string of the molecule is CC(C)(C)c1ccc(-c2cc3c4c(c2)c2cc(-c5ccccc5)ccc2n4-c2cc(-c4nc(-c5ccccc5)nc5ccccc45)cc4c2B3c2cc(-c3ccc(C(C)(C)C)cc3)cc3c5cc(-c6ccccc6)ccc5n-4c23)cc1. The van der Waals surface area contributed by atoms with E-state index in [9.17, 15) is 0 Å². The highest BCUT2D eigenvalue weighted by atomic mass is 15.0. The second-order valence-electron chi connectivity index (χ2n) is 24.6. The molecule has 4 nitrogen and oxygen atoms in total. The monoisotopic (exact) mass is 1040 g/mol. The van der Waals surface area contributed by atoms with Crippen molar-refractivity contribution in [2.75, 3.05) is 0 Å². The highest BCUT2D eigenvalue weighted by Crippen LogP contribution is 2.45. The van der Waals surface area contributed by atoms with Gasteiger partial charge in [-0.05, 0) is 137 Å². The smallest absolute Gasteiger partial charge is 0.252 e. The molecule has 0 spiro atoms. The van der Waals surface area contributed by atoms with E-state index in [1.165, 1.54) is 127 Å². The van der Waals surface area contributed by atoms with Gasteiger partial charge in [0.25, 0.3) is 6.71 Å². The molecule has 2 aliphatic rings. The summed E-state index contributed by atoms with van der Waals surface area (Å²) < 4.78 is 5.22. The Morgan fingerprint density at radius 3 is 1.20 bits per heavy atom. The zero-order chi connectivity index (χ0) is 54.5. The first-order valence-corrected chi connectivity index (χ1v) is 28.5. The summed E-state index contributed by atoms with van der Waals surface area (Å²) in [7, 11) is 0. The van der Waals surface area contributed by atoms with Crippen LogP contribution in [0.1, 0.15) is 52.7 Å². The summed E-state index contributed by atoms with van der Waals surface area (Å²) in [6.07, 6.45) is 0. The molecule has 0 aliphatic carbocycles. The van der Waals surface area contributed by atoms with Crippen LogP contribution >= 0.6 is 0 Å². The number of nitrogens with zero attached hydrogens (tertiary/aromatic N) is 4. The Kier molecular flexibility index (Phi) is 10.2. The topological polar surface area (TPSA) is 35.6 Å². The Morgan fingerprint density at radius 2 is 0.728 bits per heavy atom. The van der Waals surface area contributed by atoms with E-state index in [2.05, 4.69) is 287 Å². The van der Waals surface area contributed by atoms with Gasteiger partial charge in [-0.3, -0.25) is 0 Å². The van der Waals surface area contributed by atoms with E-state index in [-0.39, 0.29) is 17.5 Å². The fourth-order valence-electron chi connectivity index (χ4n) is 13.5. The molecule has 0 atom stereocenters. The highest BCUT2D eigenvalue weighted by Gasteiger charge is 2.42. The molecular weight excluding hydrogens is 980 g/mol. The molecule has 2 aliphatic heterocycles. The minimum Gasteiger partial charge on any atom is -0.310 e. The van der Waals surface area contributed by atoms with E-state index < -0.39 is 0 Å². The van der Waals surface area contributed by atoms with Gasteiger partial charge in [0.1, 0.15) is 0 Å². The third-order valence-corrected chi connectivity index (χ3v) is 17.6. The van der Waals surface area contributed by atoms with Crippen LogP contribution in [0.3, 0.4) is 0 Å². The van der Waals surface area contributed by atoms with Gasteiger partial charge in [0, 0.05) is 60.5 Å². The van der Waals surface area contributed by atoms with Crippen LogP contribution in [0.15, 0.2) is 237 Å². The van der Waals surface area contributed by atoms with E-state index in [1.54, 1.807) is 0 Å². The van der Waals surface area contributed by atoms with Crippen LogP contribution in [0.4, 0.5) is 0 Å². The van der Waals surface area contributed by atoms with Gasteiger partial charge >= 0.3 is 0 Å². The lowest BCUT2D eigenvalue weighted by atomic mass is 9.34. The van der Waals surface area contributed by atoms with Crippen LogP contribution in [0.25, 0.3) is 133 Å². The standard InChI is InChI=1S/C76H57BN4/c1-75(2,3)56-32-26-48(27-33-56)53-40-61-59-38-51(46-18-10-7-11-19-46)30-36-66(59)80-68-44-55(71-58-24-16-17-25-65(58)78-74(79-71)50-22-14-9-15-23-50)45-69-70(68)77(63(42-53)72(61)80)64-43-54(49-28-34-57(35-29-49)76(4,5)6)41-62-60-39-52(47-20-12-8-13-21-47)31-37-67(60)81(69)73(62)64/h7-45H,1-6H3. The molecule has 0 fully saturated rings. The minimum absolute atomic E-state index is 0.0295. The Balaban J connectivity index is 1.07. The Bertz CT molecular complexity index is 4650. The van der Waals surface area contributed by atoms with Crippen molar-refractivity contribution in [3.05, 3.63) is 248 Å². The van der Waals surface area contributed by atoms with Gasteiger partial charge in [-0.15, -0.1) is 0 Å². The lowest BCUT2D eigenvalue weighted by Crippen LogP contribution is -2.59. The number of aromatic nitrogens is 4. The van der Waals surface area contributed by atoms with Crippen molar-refractivity contribution >= 4 is 77.6 Å². The van der Waals surface area contributed by atoms with Crippen LogP contribution in [0.2, 0.25) is 0 Å². The summed E-state index contributed by atoms with van der Waals surface area (Å²) in [5, 5.41) is 5.97. The summed E-state index contributed by atoms with van der Waals surface area (Å²) in [6, 6.07) is 88.5. The second kappa shape index (κ2) is 17.5. The fraction of sp³-hybridized carbons (Fsp3) is 0.105. The second-order valence-corrected chi connectivity index (χ2v) is 24.6. The largest absolute Gasteiger partial charge is 0.310 e. The van der Waals surface area contributed by atoms with Gasteiger partial charge in [-0.25, -0.2) is 9.97 Å². The zero-order valence-corrected chi connectivity index (χ0v) is 46.4. The summed E-state index contributed by atoms with van der Waals surface area (Å²) in [6.45, 7) is 13.7. The number of rotatable bonds is 6. The lowest BCUT2D eigenvalue weighted by molar-refractivity contribution is 0.590. The van der Waals surface area contributed by atoms with Crippen molar-refractivity contribution in [3.8, 4) is 78.5 Å². The van der Waals surface area contributed by atoms with Crippen LogP contribution < -0.4 is 16.4 Å². The first-order chi connectivity index (χ1) is 39.4. The van der Waals surface area contributed by atoms with Gasteiger partial charge < -0.3 is 9.13 Å². The van der Waals surface area contributed by atoms with Gasteiger partial charge in [0.2, 0.25) is 0 Å². The number of fused-ring (bicyclic) bond motifs is 11. The van der Waals surface area contributed by atoms with E-state index in [0.29, 0.717) is 5.82 Å². The van der Waals surface area contributed by atoms with Crippen LogP contribution in [-0.2, 0) is 10.8 Å². The fourth-order valence-corrected chi connectivity index (χ4v) is 13.5. The average Bonchev–Trinajstić information content (AvgIpc) is 3.94. The molecule has 14 aromatic rings. The average molecular weight is 1040 g/mol. The number of hydrogen-bond donors (Lipinski definition) is 0. The van der Waals surface area contributed by atoms with E-state index >= 15 is 0 Å². The molecule has 5 heterocycles. The number of hydrogen-bond acceptors (Lipinski definition) is 2. The summed E-state index contributed by atoms with van der Waals surface area (Å²) in [5.41, 5.74) is 27.3. The van der Waals surface area contributed by atoms with Gasteiger partial charge in [-0.1, -0.05) is 224 Å². The zero-order valence-electron chi connectivity index (χ0n) is 46.4. The number of benzene rings is 11. The van der Waals surface area contributed by atoms with Gasteiger partial charge in [-0.2, -0.15) is 0 Å². The third-order valence-electron chi connectivity index (χ3n) is 17.6. The minimum atomic E-state index is -0.130. The van der Waals surface area contributed by atoms with Crippen molar-refractivity contribution in [3.63, 3.8) is 0 Å². The predicted molar refractivity (Wildman–Crippen MR) is 343 cm³/mol. The molecule has 11 aromatic carbocycles. The maximum atomic E-state index is 5.58. The normalized spacial score (nSPS) is 12.8. The van der Waals surface area contributed by atoms with Crippen LogP contribution in [0, 0.1) is 0 Å². The molecule has 0 N–H and O–H groups in total. The maximum Gasteiger partial charge on any atom is 0.252 e. The summed E-state index contributed by atoms with van der Waals surface area (Å²) >= 11 is 0. The molecular formula is C76H57BN4. The lowest BCUT2D eigenvalue weighted by Gasteiger charge is -2.35. The first-order valence-electron chi connectivity index (χ1n) is 28.5. The molecule has 0 bridgehead atoms. The Morgan fingerprint density at radius 1 is 0.321 bits per heavy atom. The maximum absolute atomic E-state index is 5.58. The van der Waals surface area contributed by atoms with Crippen molar-refractivity contribution < 1.29 is 0 Å². The van der Waals surface area contributed by atoms with E-state index in [0.717, 1.165) is 27.7 Å². The summed E-state index contributed by atoms with van der Waals surface area (Å²) in [4.78, 5) is 10.8. The Hall–Kier alpha value is -9.58. The molecule has 0 saturated carbocycles. The third kappa shape index (κ3) is 7.38. The summed E-state index contributed by atoms with van der Waals surface area (Å²) in [5.74, 6) is 0.708. The molecule has 0 amide bonds. The molecule has 16 rings (SSSR count). The molecule has 384 valence electrons. The van der Waals surface area contributed by atoms with Crippen LogP contribution in [-0.4, -0.2) is 25.8 Å². The molecule has 5 heteroatoms. The van der Waals surface area contributed by atoms with Crippen molar-refractivity contribution in [1.82, 2.24) is 19.1 Å². The van der Waals surface area contributed by atoms with Gasteiger partial charge in [0.15, 0.2) is 5.82 Å². The quantitative estimate of drug-likeness (QED) is 0.156. The number of para-hydroxylation sites is 1. The van der Waals surface area contributed by atoms with E-state index in [1.807, 2.05) is 0 Å². The predicted octanol–water partition coefficient (Wildman–Crippen LogP) is 17.6. The highest BCUT2D eigenvalue weighted by molar-refractivity contribution is 7.00. The Labute approximate surface area is 472 Å². The van der Waals surface area contributed by atoms with Crippen LogP contribution in [0.5, 0.6) is 0 Å². The van der Waals surface area contributed by atoms with Crippen molar-refractivity contribution in [2.45, 2.75) is 52.4 Å². The molecule has 81 heavy (non-hydrogen) atoms.